The summed E-state index contributed by atoms with van der Waals surface area (Å²) in [6.45, 7) is 4.79. The molecular formula is C82H58N2. The summed E-state index contributed by atoms with van der Waals surface area (Å²) in [5.74, 6) is 0. The fraction of sp³-hybridized carbons (Fsp3) is 0.0488. The van der Waals surface area contributed by atoms with Gasteiger partial charge in [-0.15, -0.1) is 0 Å². The van der Waals surface area contributed by atoms with Gasteiger partial charge >= 0.3 is 0 Å². The highest BCUT2D eigenvalue weighted by atomic mass is 15.1. The van der Waals surface area contributed by atoms with Crippen molar-refractivity contribution in [2.24, 2.45) is 0 Å². The molecule has 0 N–H and O–H groups in total. The summed E-state index contributed by atoms with van der Waals surface area (Å²) in [5, 5.41) is 2.48. The van der Waals surface area contributed by atoms with E-state index in [4.69, 9.17) is 0 Å². The lowest BCUT2D eigenvalue weighted by atomic mass is 9.55. The Morgan fingerprint density at radius 1 is 0.274 bits per heavy atom. The third-order valence-electron chi connectivity index (χ3n) is 18.3. The maximum Gasteiger partial charge on any atom is 0.0719 e. The Morgan fingerprint density at radius 3 is 1.38 bits per heavy atom. The molecule has 1 spiro atoms. The normalized spacial score (nSPS) is 13.3. The summed E-state index contributed by atoms with van der Waals surface area (Å²) >= 11 is 0. The summed E-state index contributed by atoms with van der Waals surface area (Å²) in [6, 6.07) is 117. The molecule has 0 bridgehead atoms. The summed E-state index contributed by atoms with van der Waals surface area (Å²) in [6.07, 6.45) is 0. The third kappa shape index (κ3) is 7.50. The first-order valence-electron chi connectivity index (χ1n) is 29.3. The Kier molecular flexibility index (Phi) is 11.5. The van der Waals surface area contributed by atoms with Crippen molar-refractivity contribution in [3.63, 3.8) is 0 Å². The average Bonchev–Trinajstić information content (AvgIpc) is 1.44. The van der Waals surface area contributed by atoms with Gasteiger partial charge in [-0.1, -0.05) is 269 Å². The minimum Gasteiger partial charge on any atom is -0.310 e. The summed E-state index contributed by atoms with van der Waals surface area (Å²) < 4.78 is 2.40. The van der Waals surface area contributed by atoms with Crippen LogP contribution in [0.2, 0.25) is 0 Å². The predicted octanol–water partition coefficient (Wildman–Crippen LogP) is 21.6. The van der Waals surface area contributed by atoms with Crippen LogP contribution in [0.1, 0.15) is 47.2 Å². The van der Waals surface area contributed by atoms with Gasteiger partial charge in [-0.25, -0.2) is 0 Å². The highest BCUT2D eigenvalue weighted by molar-refractivity contribution is 6.16. The van der Waals surface area contributed by atoms with Gasteiger partial charge in [0.15, 0.2) is 0 Å². The Balaban J connectivity index is 0.855. The van der Waals surface area contributed by atoms with Crippen molar-refractivity contribution in [1.82, 2.24) is 4.57 Å². The lowest BCUT2D eigenvalue weighted by Gasteiger charge is -2.46. The van der Waals surface area contributed by atoms with Gasteiger partial charge in [-0.3, -0.25) is 0 Å². The van der Waals surface area contributed by atoms with Gasteiger partial charge in [0.1, 0.15) is 0 Å². The standard InChI is InChI=1S/C82H58N2/c1-81(2)72-37-17-19-39-74(72)82(75-40-20-18-38-73(75)81)71-36-16-13-32-67(71)68-53-48-58(54-76(68)82)55-44-49-60(50-45-55)83(77-41-21-14-33-69(77)66-31-12-11-30-65(66)64-29-10-9-28-62(64)56-24-5-3-6-25-56)61-51-46-57(47-52-61)63-35-23-43-79-80(63)70-34-15-22-42-78(70)84(79)59-26-7-4-8-27-59/h3-54H,1-2H3. The molecule has 16 rings (SSSR count). The molecule has 0 amide bonds. The van der Waals surface area contributed by atoms with Crippen LogP contribution >= 0.6 is 0 Å². The van der Waals surface area contributed by atoms with Crippen LogP contribution in [-0.2, 0) is 10.8 Å². The largest absolute Gasteiger partial charge is 0.310 e. The van der Waals surface area contributed by atoms with Gasteiger partial charge in [0.25, 0.3) is 0 Å². The molecule has 2 aliphatic rings. The second kappa shape index (κ2) is 19.6. The number of benzene rings is 13. The zero-order valence-corrected chi connectivity index (χ0v) is 46.9. The number of hydrogen-bond donors (Lipinski definition) is 0. The van der Waals surface area contributed by atoms with E-state index in [9.17, 15) is 0 Å². The Morgan fingerprint density at radius 2 is 0.714 bits per heavy atom. The summed E-state index contributed by atoms with van der Waals surface area (Å²) in [4.78, 5) is 2.45. The van der Waals surface area contributed by atoms with Crippen LogP contribution in [0.5, 0.6) is 0 Å². The molecule has 0 unspecified atom stereocenters. The van der Waals surface area contributed by atoms with Gasteiger partial charge in [0.05, 0.1) is 22.1 Å². The fourth-order valence-corrected chi connectivity index (χ4v) is 14.6. The van der Waals surface area contributed by atoms with Crippen LogP contribution in [-0.4, -0.2) is 4.57 Å². The summed E-state index contributed by atoms with van der Waals surface area (Å²) in [5.41, 5.74) is 28.7. The Hall–Kier alpha value is -10.5. The number of nitrogens with zero attached hydrogens (tertiary/aromatic N) is 2. The van der Waals surface area contributed by atoms with Gasteiger partial charge < -0.3 is 9.47 Å². The van der Waals surface area contributed by atoms with Gasteiger partial charge in [-0.05, 0) is 155 Å². The molecule has 13 aromatic carbocycles. The highest BCUT2D eigenvalue weighted by Crippen LogP contribution is 2.62. The van der Waals surface area contributed by atoms with E-state index in [0.29, 0.717) is 0 Å². The molecular weight excluding hydrogens is 1010 g/mol. The number of anilines is 3. The second-order valence-electron chi connectivity index (χ2n) is 23.1. The van der Waals surface area contributed by atoms with Crippen molar-refractivity contribution < 1.29 is 0 Å². The van der Waals surface area contributed by atoms with E-state index >= 15 is 0 Å². The van der Waals surface area contributed by atoms with Crippen molar-refractivity contribution in [3.8, 4) is 72.4 Å². The molecule has 84 heavy (non-hydrogen) atoms. The third-order valence-corrected chi connectivity index (χ3v) is 18.3. The zero-order chi connectivity index (χ0) is 55.9. The van der Waals surface area contributed by atoms with Crippen molar-refractivity contribution in [3.05, 3.63) is 349 Å². The minimum atomic E-state index is -0.473. The lowest BCUT2D eigenvalue weighted by molar-refractivity contribution is 0.563. The van der Waals surface area contributed by atoms with Crippen LogP contribution < -0.4 is 4.90 Å². The van der Waals surface area contributed by atoms with Gasteiger partial charge in [0, 0.05) is 38.8 Å². The zero-order valence-electron chi connectivity index (χ0n) is 46.9. The van der Waals surface area contributed by atoms with Crippen LogP contribution in [0.3, 0.4) is 0 Å². The SMILES string of the molecule is CC1(C)c2ccccc2C2(c3ccccc3-c3ccc(-c4ccc(N(c5ccc(-c6cccc7c6c6ccccc6n7-c6ccccc6)cc5)c5ccccc5-c5ccccc5-c5ccccc5-c5ccccc5)cc4)cc32)c2ccccc21. The first-order chi connectivity index (χ1) is 41.5. The molecule has 2 heteroatoms. The molecule has 0 fully saturated rings. The van der Waals surface area contributed by atoms with Crippen molar-refractivity contribution in [2.45, 2.75) is 24.7 Å². The quantitative estimate of drug-likeness (QED) is 0.140. The molecule has 1 aromatic heterocycles. The van der Waals surface area contributed by atoms with E-state index in [-0.39, 0.29) is 5.41 Å². The molecule has 0 radical (unpaired) electrons. The molecule has 0 aliphatic heterocycles. The molecule has 2 nitrogen and oxygen atoms in total. The van der Waals surface area contributed by atoms with E-state index in [1.54, 1.807) is 0 Å². The molecule has 14 aromatic rings. The van der Waals surface area contributed by atoms with E-state index < -0.39 is 5.41 Å². The number of aromatic nitrogens is 1. The minimum absolute atomic E-state index is 0.165. The van der Waals surface area contributed by atoms with Crippen LogP contribution in [0.4, 0.5) is 17.1 Å². The average molecular weight is 1070 g/mol. The predicted molar refractivity (Wildman–Crippen MR) is 352 cm³/mol. The van der Waals surface area contributed by atoms with E-state index in [2.05, 4.69) is 339 Å². The highest BCUT2D eigenvalue weighted by Gasteiger charge is 2.53. The van der Waals surface area contributed by atoms with E-state index in [1.807, 2.05) is 0 Å². The maximum atomic E-state index is 2.50. The second-order valence-corrected chi connectivity index (χ2v) is 23.1. The van der Waals surface area contributed by atoms with Crippen LogP contribution in [0.25, 0.3) is 94.3 Å². The fourth-order valence-electron chi connectivity index (χ4n) is 14.6. The maximum absolute atomic E-state index is 2.50. The Labute approximate surface area is 491 Å². The molecule has 396 valence electrons. The molecule has 0 atom stereocenters. The molecule has 0 saturated carbocycles. The van der Waals surface area contributed by atoms with Crippen LogP contribution in [0.15, 0.2) is 315 Å². The Bertz CT molecular complexity index is 4800. The molecule has 2 aliphatic carbocycles. The molecule has 0 saturated heterocycles. The van der Waals surface area contributed by atoms with Gasteiger partial charge in [0.2, 0.25) is 0 Å². The lowest BCUT2D eigenvalue weighted by Crippen LogP contribution is -2.40. The van der Waals surface area contributed by atoms with Crippen molar-refractivity contribution >= 4 is 38.9 Å². The number of hydrogen-bond acceptors (Lipinski definition) is 1. The molecule has 1 heterocycles. The summed E-state index contributed by atoms with van der Waals surface area (Å²) in [7, 11) is 0. The number of rotatable bonds is 9. The van der Waals surface area contributed by atoms with Gasteiger partial charge in [-0.2, -0.15) is 0 Å². The van der Waals surface area contributed by atoms with E-state index in [0.717, 1.165) is 33.9 Å². The number of fused-ring (bicyclic) bond motifs is 12. The van der Waals surface area contributed by atoms with Crippen LogP contribution in [0, 0.1) is 0 Å². The topological polar surface area (TPSA) is 8.17 Å². The smallest absolute Gasteiger partial charge is 0.0719 e. The van der Waals surface area contributed by atoms with Crippen molar-refractivity contribution in [2.75, 3.05) is 4.90 Å². The van der Waals surface area contributed by atoms with Crippen molar-refractivity contribution in [1.29, 1.82) is 0 Å². The number of para-hydroxylation sites is 3. The first kappa shape index (κ1) is 49.3. The monoisotopic (exact) mass is 1070 g/mol. The first-order valence-corrected chi connectivity index (χ1v) is 29.3. The van der Waals surface area contributed by atoms with E-state index in [1.165, 1.54) is 111 Å².